The lowest BCUT2D eigenvalue weighted by molar-refractivity contribution is -0.143. The normalized spacial score (nSPS) is 12.7. The molecule has 0 aliphatic carbocycles. The highest BCUT2D eigenvalue weighted by atomic mass is 16.5. The highest BCUT2D eigenvalue weighted by molar-refractivity contribution is 5.76. The smallest absolute Gasteiger partial charge is 0.305 e. The molecule has 0 aromatic carbocycles. The van der Waals surface area contributed by atoms with Gasteiger partial charge in [-0.25, -0.2) is 0 Å². The van der Waals surface area contributed by atoms with E-state index in [0.717, 1.165) is 57.8 Å². The van der Waals surface area contributed by atoms with Crippen molar-refractivity contribution >= 4 is 11.9 Å². The van der Waals surface area contributed by atoms with Crippen LogP contribution in [0.1, 0.15) is 335 Å². The lowest BCUT2D eigenvalue weighted by Gasteiger charge is -2.20. The van der Waals surface area contributed by atoms with Crippen LogP contribution in [-0.4, -0.2) is 47.4 Å². The molecule has 3 N–H and O–H groups in total. The van der Waals surface area contributed by atoms with Crippen LogP contribution in [0.5, 0.6) is 0 Å². The Labute approximate surface area is 424 Å². The molecule has 0 radical (unpaired) electrons. The molecule has 0 bridgehead atoms. The summed E-state index contributed by atoms with van der Waals surface area (Å²) in [4.78, 5) is 24.6. The van der Waals surface area contributed by atoms with E-state index < -0.39 is 12.1 Å². The molecule has 0 rings (SSSR count). The number of ether oxygens (including phenoxy) is 1. The Hall–Kier alpha value is -1.66. The Morgan fingerprint density at radius 2 is 0.691 bits per heavy atom. The van der Waals surface area contributed by atoms with Gasteiger partial charge in [-0.05, 0) is 57.8 Å². The summed E-state index contributed by atoms with van der Waals surface area (Å²) in [6, 6.07) is -0.643. The van der Waals surface area contributed by atoms with Crippen LogP contribution in [0.15, 0.2) is 24.3 Å². The van der Waals surface area contributed by atoms with Crippen molar-refractivity contribution in [2.24, 2.45) is 0 Å². The minimum atomic E-state index is -0.858. The summed E-state index contributed by atoms with van der Waals surface area (Å²) in [5.41, 5.74) is 0. The average Bonchev–Trinajstić information content (AvgIpc) is 3.34. The molecule has 6 nitrogen and oxygen atoms in total. The number of esters is 1. The van der Waals surface area contributed by atoms with Crippen molar-refractivity contribution in [3.05, 3.63) is 24.3 Å². The minimum Gasteiger partial charge on any atom is -0.466 e. The fourth-order valence-electron chi connectivity index (χ4n) is 9.51. The molecule has 0 saturated heterocycles. The first-order chi connectivity index (χ1) is 33.5. The standard InChI is InChI=1S/C62H119NO5/c1-3-5-7-9-11-13-15-17-19-21-23-24-25-26-27-29-31-34-38-42-46-50-54-60(65)59(58-64)63-61(66)55-51-47-43-39-35-33-37-41-45-49-53-57-68-62(67)56-52-48-44-40-36-32-30-28-22-20-18-16-14-12-10-8-6-4-2/h20,22,50,54,59-60,64-65H,3-19,21,23-49,51-53,55-58H2,1-2H3,(H,63,66)/b22-20-,54-50+. The van der Waals surface area contributed by atoms with Crippen LogP contribution in [0.2, 0.25) is 0 Å². The first-order valence-corrected chi connectivity index (χ1v) is 30.6. The zero-order valence-corrected chi connectivity index (χ0v) is 45.9. The third-order valence-corrected chi connectivity index (χ3v) is 14.2. The number of nitrogens with one attached hydrogen (secondary N) is 1. The first-order valence-electron chi connectivity index (χ1n) is 30.6. The van der Waals surface area contributed by atoms with Crippen LogP contribution in [0.3, 0.4) is 0 Å². The van der Waals surface area contributed by atoms with E-state index in [4.69, 9.17) is 4.74 Å². The summed E-state index contributed by atoms with van der Waals surface area (Å²) in [6.07, 6.45) is 70.6. The zero-order chi connectivity index (χ0) is 49.3. The fraction of sp³-hybridized carbons (Fsp3) is 0.903. The van der Waals surface area contributed by atoms with E-state index in [-0.39, 0.29) is 18.5 Å². The quantitative estimate of drug-likeness (QED) is 0.0321. The van der Waals surface area contributed by atoms with E-state index in [9.17, 15) is 19.8 Å². The van der Waals surface area contributed by atoms with Crippen LogP contribution in [0.4, 0.5) is 0 Å². The van der Waals surface area contributed by atoms with Crippen molar-refractivity contribution < 1.29 is 24.5 Å². The van der Waals surface area contributed by atoms with Gasteiger partial charge < -0.3 is 20.3 Å². The summed E-state index contributed by atoms with van der Waals surface area (Å²) in [5, 5.41) is 23.2. The molecule has 0 aliphatic rings. The number of carbonyl (C=O) groups excluding carboxylic acids is 2. The number of amides is 1. The highest BCUT2D eigenvalue weighted by Crippen LogP contribution is 2.17. The Bertz CT molecular complexity index is 1060. The fourth-order valence-corrected chi connectivity index (χ4v) is 9.51. The van der Waals surface area contributed by atoms with Gasteiger partial charge in [0.25, 0.3) is 0 Å². The number of aliphatic hydroxyl groups is 2. The van der Waals surface area contributed by atoms with Crippen LogP contribution < -0.4 is 5.32 Å². The average molecular weight is 959 g/mol. The van der Waals surface area contributed by atoms with Gasteiger partial charge in [-0.1, -0.05) is 289 Å². The molecule has 0 saturated carbocycles. The van der Waals surface area contributed by atoms with Crippen LogP contribution >= 0.6 is 0 Å². The largest absolute Gasteiger partial charge is 0.466 e. The van der Waals surface area contributed by atoms with Crippen LogP contribution in [0.25, 0.3) is 0 Å². The second kappa shape index (κ2) is 57.9. The molecule has 2 atom stereocenters. The van der Waals surface area contributed by atoms with Gasteiger partial charge >= 0.3 is 5.97 Å². The summed E-state index contributed by atoms with van der Waals surface area (Å²) in [5.74, 6) is -0.101. The van der Waals surface area contributed by atoms with Gasteiger partial charge in [0.15, 0.2) is 0 Å². The molecular weight excluding hydrogens is 839 g/mol. The van der Waals surface area contributed by atoms with Crippen LogP contribution in [0, 0.1) is 0 Å². The number of allylic oxidation sites excluding steroid dienone is 3. The van der Waals surface area contributed by atoms with Crippen molar-refractivity contribution in [2.75, 3.05) is 13.2 Å². The van der Waals surface area contributed by atoms with Crippen molar-refractivity contribution in [1.29, 1.82) is 0 Å². The van der Waals surface area contributed by atoms with E-state index in [0.29, 0.717) is 19.4 Å². The summed E-state index contributed by atoms with van der Waals surface area (Å²) >= 11 is 0. The maximum absolute atomic E-state index is 12.5. The minimum absolute atomic E-state index is 0.0175. The number of hydrogen-bond donors (Lipinski definition) is 3. The van der Waals surface area contributed by atoms with Gasteiger partial charge in [-0.15, -0.1) is 0 Å². The number of rotatable bonds is 57. The molecule has 0 fully saturated rings. The monoisotopic (exact) mass is 958 g/mol. The maximum atomic E-state index is 12.5. The van der Waals surface area contributed by atoms with Gasteiger partial charge in [0.1, 0.15) is 0 Å². The molecule has 402 valence electrons. The van der Waals surface area contributed by atoms with E-state index in [1.807, 2.05) is 6.08 Å². The van der Waals surface area contributed by atoms with Crippen molar-refractivity contribution in [3.63, 3.8) is 0 Å². The van der Waals surface area contributed by atoms with Crippen molar-refractivity contribution in [3.8, 4) is 0 Å². The van der Waals surface area contributed by atoms with Crippen LogP contribution in [-0.2, 0) is 14.3 Å². The third-order valence-electron chi connectivity index (χ3n) is 14.2. The number of aliphatic hydroxyl groups excluding tert-OH is 2. The van der Waals surface area contributed by atoms with Gasteiger partial charge in [0, 0.05) is 12.8 Å². The second-order valence-corrected chi connectivity index (χ2v) is 21.0. The highest BCUT2D eigenvalue weighted by Gasteiger charge is 2.18. The Morgan fingerprint density at radius 3 is 1.04 bits per heavy atom. The van der Waals surface area contributed by atoms with Gasteiger partial charge in [0.2, 0.25) is 5.91 Å². The predicted molar refractivity (Wildman–Crippen MR) is 296 cm³/mol. The lowest BCUT2D eigenvalue weighted by atomic mass is 10.0. The third kappa shape index (κ3) is 53.7. The van der Waals surface area contributed by atoms with Gasteiger partial charge in [-0.2, -0.15) is 0 Å². The first kappa shape index (κ1) is 66.3. The van der Waals surface area contributed by atoms with E-state index in [2.05, 4.69) is 31.3 Å². The van der Waals surface area contributed by atoms with Crippen molar-refractivity contribution in [1.82, 2.24) is 5.32 Å². The topological polar surface area (TPSA) is 95.9 Å². The van der Waals surface area contributed by atoms with E-state index in [1.165, 1.54) is 250 Å². The molecule has 0 aromatic rings. The molecule has 2 unspecified atom stereocenters. The number of hydrogen-bond acceptors (Lipinski definition) is 5. The van der Waals surface area contributed by atoms with Gasteiger partial charge in [-0.3, -0.25) is 9.59 Å². The molecule has 0 heterocycles. The van der Waals surface area contributed by atoms with Gasteiger partial charge in [0.05, 0.1) is 25.4 Å². The maximum Gasteiger partial charge on any atom is 0.305 e. The number of unbranched alkanes of at least 4 members (excludes halogenated alkanes) is 44. The molecule has 1 amide bonds. The molecule has 0 aliphatic heterocycles. The molecule has 6 heteroatoms. The molecular formula is C62H119NO5. The summed E-state index contributed by atoms with van der Waals surface area (Å²) in [7, 11) is 0. The second-order valence-electron chi connectivity index (χ2n) is 21.0. The lowest BCUT2D eigenvalue weighted by Crippen LogP contribution is -2.45. The SMILES string of the molecule is CCCCCCCCC/C=C\CCCCCCCCCC(=O)OCCCCCCCCCCCCCC(=O)NC(CO)C(O)/C=C/CCCCCCCCCCCCCCCCCCCCCC. The molecule has 68 heavy (non-hydrogen) atoms. The Kier molecular flexibility index (Phi) is 56.5. The zero-order valence-electron chi connectivity index (χ0n) is 45.9. The Morgan fingerprint density at radius 1 is 0.397 bits per heavy atom. The predicted octanol–water partition coefficient (Wildman–Crippen LogP) is 19.0. The van der Waals surface area contributed by atoms with E-state index >= 15 is 0 Å². The summed E-state index contributed by atoms with van der Waals surface area (Å²) < 4.78 is 5.48. The number of carbonyl (C=O) groups is 2. The molecule has 0 aromatic heterocycles. The Balaban J connectivity index is 3.48. The van der Waals surface area contributed by atoms with Crippen molar-refractivity contribution in [2.45, 2.75) is 347 Å². The van der Waals surface area contributed by atoms with E-state index in [1.54, 1.807) is 6.08 Å². The molecule has 0 spiro atoms. The summed E-state index contributed by atoms with van der Waals surface area (Å²) in [6.45, 7) is 4.88.